The second-order valence-electron chi connectivity index (χ2n) is 3.75. The smallest absolute Gasteiger partial charge is 0.416 e. The average Bonchev–Trinajstić information content (AvgIpc) is 2.26. The molecule has 4 N–H and O–H groups in total. The predicted molar refractivity (Wildman–Crippen MR) is 61.4 cm³/mol. The number of alkyl halides is 3. The zero-order valence-corrected chi connectivity index (χ0v) is 9.32. The summed E-state index contributed by atoms with van der Waals surface area (Å²) in [4.78, 5) is 17.0. The minimum absolute atomic E-state index is 0.134. The molecule has 0 radical (unpaired) electrons. The highest BCUT2D eigenvalue weighted by Gasteiger charge is 2.31. The molecule has 0 atom stereocenters. The summed E-state index contributed by atoms with van der Waals surface area (Å²) in [5, 5.41) is 9.58. The first-order chi connectivity index (χ1) is 8.77. The quantitative estimate of drug-likeness (QED) is 0.736. The summed E-state index contributed by atoms with van der Waals surface area (Å²) in [6.07, 6.45) is -4.56. The van der Waals surface area contributed by atoms with E-state index >= 15 is 0 Å². The van der Waals surface area contributed by atoms with Gasteiger partial charge >= 0.3 is 6.18 Å². The number of H-pyrrole nitrogens is 1. The summed E-state index contributed by atoms with van der Waals surface area (Å²) in [5.41, 5.74) is 3.37. The van der Waals surface area contributed by atoms with Crippen molar-refractivity contribution < 1.29 is 18.3 Å². The third-order valence-corrected chi connectivity index (χ3v) is 2.36. The zero-order chi connectivity index (χ0) is 14.2. The van der Waals surface area contributed by atoms with Crippen molar-refractivity contribution in [2.75, 3.05) is 5.73 Å². The van der Waals surface area contributed by atoms with Crippen molar-refractivity contribution in [1.29, 1.82) is 0 Å². The van der Waals surface area contributed by atoms with E-state index in [2.05, 4.69) is 9.97 Å². The topological polar surface area (TPSA) is 92.0 Å². The molecule has 0 spiro atoms. The second kappa shape index (κ2) is 4.30. The molecule has 19 heavy (non-hydrogen) atoms. The van der Waals surface area contributed by atoms with Gasteiger partial charge in [0, 0.05) is 11.6 Å². The summed E-state index contributed by atoms with van der Waals surface area (Å²) in [6, 6.07) is 3.27. The Morgan fingerprint density at radius 2 is 1.95 bits per heavy atom. The number of hydrogen-bond donors (Lipinski definition) is 3. The Balaban J connectivity index is 2.64. The molecular formula is C11H8F3N3O2. The minimum Gasteiger partial charge on any atom is -0.507 e. The van der Waals surface area contributed by atoms with E-state index in [0.717, 1.165) is 18.2 Å². The Bertz CT molecular complexity index is 680. The lowest BCUT2D eigenvalue weighted by atomic mass is 10.1. The van der Waals surface area contributed by atoms with Gasteiger partial charge in [0.05, 0.1) is 11.3 Å². The molecule has 0 aliphatic heterocycles. The standard InChI is InChI=1S/C11H8F3N3O2/c12-11(13,14)5-1-2-8(18)6(3-5)7-4-9(19)17-10(15)16-7/h1-4,18H,(H3,15,16,17,19). The number of hydrogen-bond acceptors (Lipinski definition) is 4. The van der Waals surface area contributed by atoms with E-state index in [9.17, 15) is 23.1 Å². The van der Waals surface area contributed by atoms with Crippen molar-refractivity contribution >= 4 is 5.95 Å². The van der Waals surface area contributed by atoms with Crippen LogP contribution in [0, 0.1) is 0 Å². The number of rotatable bonds is 1. The van der Waals surface area contributed by atoms with Gasteiger partial charge in [0.1, 0.15) is 5.75 Å². The van der Waals surface area contributed by atoms with E-state index in [-0.39, 0.29) is 17.2 Å². The maximum Gasteiger partial charge on any atom is 0.416 e. The number of nitrogens with zero attached hydrogens (tertiary/aromatic N) is 1. The van der Waals surface area contributed by atoms with Gasteiger partial charge in [-0.15, -0.1) is 0 Å². The van der Waals surface area contributed by atoms with Gasteiger partial charge in [-0.1, -0.05) is 0 Å². The molecule has 2 aromatic rings. The Hall–Kier alpha value is -2.51. The Kier molecular flexibility index (Phi) is 2.93. The highest BCUT2D eigenvalue weighted by molar-refractivity contribution is 5.68. The van der Waals surface area contributed by atoms with Crippen LogP contribution in [0.3, 0.4) is 0 Å². The largest absolute Gasteiger partial charge is 0.507 e. The number of phenolic OH excluding ortho intramolecular Hbond substituents is 1. The number of nitrogens with one attached hydrogen (secondary N) is 1. The van der Waals surface area contributed by atoms with Crippen LogP contribution in [-0.4, -0.2) is 15.1 Å². The van der Waals surface area contributed by atoms with Gasteiger partial charge in [0.25, 0.3) is 5.56 Å². The number of benzene rings is 1. The monoisotopic (exact) mass is 271 g/mol. The molecule has 100 valence electrons. The minimum atomic E-state index is -4.56. The molecule has 0 unspecified atom stereocenters. The van der Waals surface area contributed by atoms with Crippen molar-refractivity contribution in [1.82, 2.24) is 9.97 Å². The lowest BCUT2D eigenvalue weighted by Crippen LogP contribution is -2.11. The number of aromatic nitrogens is 2. The molecule has 0 amide bonds. The molecule has 0 saturated heterocycles. The van der Waals surface area contributed by atoms with Crippen LogP contribution in [0.5, 0.6) is 5.75 Å². The van der Waals surface area contributed by atoms with E-state index < -0.39 is 23.0 Å². The number of anilines is 1. The molecule has 1 aromatic heterocycles. The van der Waals surface area contributed by atoms with E-state index in [1.54, 1.807) is 0 Å². The van der Waals surface area contributed by atoms with Crippen molar-refractivity contribution in [3.05, 3.63) is 40.2 Å². The fraction of sp³-hybridized carbons (Fsp3) is 0.0909. The molecule has 1 aromatic carbocycles. The van der Waals surface area contributed by atoms with Gasteiger partial charge in [-0.05, 0) is 18.2 Å². The first kappa shape index (κ1) is 12.9. The number of halogens is 3. The maximum atomic E-state index is 12.6. The number of phenols is 1. The lowest BCUT2D eigenvalue weighted by molar-refractivity contribution is -0.137. The molecule has 0 aliphatic rings. The van der Waals surface area contributed by atoms with Crippen LogP contribution >= 0.6 is 0 Å². The van der Waals surface area contributed by atoms with Crippen LogP contribution in [0.1, 0.15) is 5.56 Å². The van der Waals surface area contributed by atoms with Crippen LogP contribution in [-0.2, 0) is 6.18 Å². The number of nitrogens with two attached hydrogens (primary N) is 1. The number of aromatic hydroxyl groups is 1. The van der Waals surface area contributed by atoms with Gasteiger partial charge in [0.15, 0.2) is 0 Å². The van der Waals surface area contributed by atoms with Crippen LogP contribution in [0.2, 0.25) is 0 Å². The van der Waals surface area contributed by atoms with Crippen molar-refractivity contribution in [2.45, 2.75) is 6.18 Å². The predicted octanol–water partition coefficient (Wildman–Crippen LogP) is 1.74. The van der Waals surface area contributed by atoms with E-state index in [4.69, 9.17) is 5.73 Å². The average molecular weight is 271 g/mol. The third-order valence-electron chi connectivity index (χ3n) is 2.36. The molecule has 0 fully saturated rings. The molecule has 0 aliphatic carbocycles. The molecule has 8 heteroatoms. The third kappa shape index (κ3) is 2.67. The summed E-state index contributed by atoms with van der Waals surface area (Å²) in [6.45, 7) is 0. The first-order valence-corrected chi connectivity index (χ1v) is 5.05. The van der Waals surface area contributed by atoms with Crippen LogP contribution in [0.25, 0.3) is 11.3 Å². The molecule has 0 bridgehead atoms. The van der Waals surface area contributed by atoms with E-state index in [0.29, 0.717) is 6.07 Å². The summed E-state index contributed by atoms with van der Waals surface area (Å²) in [7, 11) is 0. The van der Waals surface area contributed by atoms with Crippen molar-refractivity contribution in [3.8, 4) is 17.0 Å². The normalized spacial score (nSPS) is 11.5. The lowest BCUT2D eigenvalue weighted by Gasteiger charge is -2.10. The van der Waals surface area contributed by atoms with Gasteiger partial charge in [-0.3, -0.25) is 9.78 Å². The first-order valence-electron chi connectivity index (χ1n) is 5.05. The second-order valence-corrected chi connectivity index (χ2v) is 3.75. The van der Waals surface area contributed by atoms with E-state index in [1.165, 1.54) is 0 Å². The summed E-state index contributed by atoms with van der Waals surface area (Å²) in [5.74, 6) is -0.676. The summed E-state index contributed by atoms with van der Waals surface area (Å²) < 4.78 is 37.7. The molecule has 1 heterocycles. The van der Waals surface area contributed by atoms with Crippen LogP contribution in [0.4, 0.5) is 19.1 Å². The maximum absolute atomic E-state index is 12.6. The van der Waals surface area contributed by atoms with Gasteiger partial charge in [0.2, 0.25) is 5.95 Å². The Labute approximate surface area is 104 Å². The SMILES string of the molecule is Nc1nc(-c2cc(C(F)(F)F)ccc2O)cc(=O)[nH]1. The summed E-state index contributed by atoms with van der Waals surface area (Å²) >= 11 is 0. The fourth-order valence-electron chi connectivity index (χ4n) is 1.53. The number of aromatic amines is 1. The Morgan fingerprint density at radius 3 is 2.53 bits per heavy atom. The van der Waals surface area contributed by atoms with E-state index in [1.807, 2.05) is 0 Å². The molecule has 0 saturated carbocycles. The van der Waals surface area contributed by atoms with Crippen LogP contribution in [0.15, 0.2) is 29.1 Å². The fourth-order valence-corrected chi connectivity index (χ4v) is 1.53. The zero-order valence-electron chi connectivity index (χ0n) is 9.32. The molecular weight excluding hydrogens is 263 g/mol. The molecule has 5 nitrogen and oxygen atoms in total. The van der Waals surface area contributed by atoms with Gasteiger partial charge < -0.3 is 10.8 Å². The number of nitrogen functional groups attached to an aromatic ring is 1. The Morgan fingerprint density at radius 1 is 1.26 bits per heavy atom. The van der Waals surface area contributed by atoms with Crippen molar-refractivity contribution in [3.63, 3.8) is 0 Å². The van der Waals surface area contributed by atoms with Gasteiger partial charge in [-0.25, -0.2) is 4.98 Å². The molecule has 2 rings (SSSR count). The van der Waals surface area contributed by atoms with Gasteiger partial charge in [-0.2, -0.15) is 13.2 Å². The highest BCUT2D eigenvalue weighted by atomic mass is 19.4. The van der Waals surface area contributed by atoms with Crippen molar-refractivity contribution in [2.24, 2.45) is 0 Å². The highest BCUT2D eigenvalue weighted by Crippen LogP contribution is 2.35. The van der Waals surface area contributed by atoms with Crippen LogP contribution < -0.4 is 11.3 Å².